The Balaban J connectivity index is 2.08. The van der Waals surface area contributed by atoms with Crippen LogP contribution in [0.25, 0.3) is 0 Å². The van der Waals surface area contributed by atoms with Crippen molar-refractivity contribution in [2.24, 2.45) is 0 Å². The first-order chi connectivity index (χ1) is 12.3. The van der Waals surface area contributed by atoms with Crippen molar-refractivity contribution >= 4 is 11.8 Å². The van der Waals surface area contributed by atoms with Crippen LogP contribution >= 0.6 is 0 Å². The van der Waals surface area contributed by atoms with E-state index in [1.165, 1.54) is 12.3 Å². The molecule has 0 unspecified atom stereocenters. The van der Waals surface area contributed by atoms with E-state index >= 15 is 0 Å². The third-order valence-corrected chi connectivity index (χ3v) is 4.48. The van der Waals surface area contributed by atoms with Crippen molar-refractivity contribution in [2.45, 2.75) is 56.8 Å². The van der Waals surface area contributed by atoms with Crippen LogP contribution < -0.4 is 11.2 Å². The van der Waals surface area contributed by atoms with Crippen molar-refractivity contribution in [2.75, 3.05) is 12.1 Å². The van der Waals surface area contributed by atoms with Crippen LogP contribution in [0.2, 0.25) is 0 Å². The Labute approximate surface area is 148 Å². The second-order valence-electron chi connectivity index (χ2n) is 6.00. The van der Waals surface area contributed by atoms with Crippen molar-refractivity contribution in [3.05, 3.63) is 22.7 Å². The van der Waals surface area contributed by atoms with Crippen LogP contribution in [0.4, 0.5) is 5.82 Å². The third-order valence-electron chi connectivity index (χ3n) is 4.48. The number of hydrogen-bond acceptors (Lipinski definition) is 10. The van der Waals surface area contributed by atoms with Gasteiger partial charge in [0.25, 0.3) is 0 Å². The maximum atomic E-state index is 12.0. The van der Waals surface area contributed by atoms with E-state index in [-0.39, 0.29) is 18.7 Å². The predicted molar refractivity (Wildman–Crippen MR) is 86.3 cm³/mol. The molecule has 2 rings (SSSR count). The lowest BCUT2D eigenvalue weighted by Crippen LogP contribution is -2.41. The molecule has 1 aliphatic rings. The number of hydrogen-bond donors (Lipinski definition) is 5. The summed E-state index contributed by atoms with van der Waals surface area (Å²) in [5, 5.41) is 39.1. The number of aliphatic hydroxyl groups is 3. The van der Waals surface area contributed by atoms with Gasteiger partial charge in [0, 0.05) is 6.20 Å². The summed E-state index contributed by atoms with van der Waals surface area (Å²) >= 11 is 0. The molecular formula is C15H23N3O8. The van der Waals surface area contributed by atoms with E-state index < -0.39 is 48.4 Å². The van der Waals surface area contributed by atoms with Gasteiger partial charge in [-0.25, -0.2) is 9.59 Å². The van der Waals surface area contributed by atoms with Gasteiger partial charge in [-0.05, 0) is 18.9 Å². The Morgan fingerprint density at radius 3 is 2.58 bits per heavy atom. The van der Waals surface area contributed by atoms with Crippen molar-refractivity contribution in [1.29, 1.82) is 0 Å². The second kappa shape index (κ2) is 8.10. The summed E-state index contributed by atoms with van der Waals surface area (Å²) in [6.45, 7) is 2.86. The van der Waals surface area contributed by atoms with Crippen LogP contribution in [0.15, 0.2) is 17.1 Å². The fourth-order valence-corrected chi connectivity index (χ4v) is 2.60. The topological polar surface area (TPSA) is 163 Å². The number of aromatic nitrogens is 2. The van der Waals surface area contributed by atoms with Crippen molar-refractivity contribution in [3.8, 4) is 0 Å². The third kappa shape index (κ3) is 3.86. The van der Waals surface area contributed by atoms with Gasteiger partial charge < -0.3 is 24.8 Å². The minimum absolute atomic E-state index is 0.0943. The molecule has 4 atom stereocenters. The van der Waals surface area contributed by atoms with Gasteiger partial charge in [-0.2, -0.15) is 4.98 Å². The molecule has 1 aromatic heterocycles. The highest BCUT2D eigenvalue weighted by atomic mass is 16.6. The summed E-state index contributed by atoms with van der Waals surface area (Å²) in [4.78, 5) is 27.4. The molecule has 11 heteroatoms. The number of rotatable bonds is 7. The van der Waals surface area contributed by atoms with Gasteiger partial charge in [0.05, 0.1) is 0 Å². The van der Waals surface area contributed by atoms with Crippen molar-refractivity contribution in [1.82, 2.24) is 9.55 Å². The van der Waals surface area contributed by atoms with Crippen LogP contribution in [-0.2, 0) is 14.3 Å². The zero-order valence-electron chi connectivity index (χ0n) is 14.4. The van der Waals surface area contributed by atoms with Crippen LogP contribution in [0, 0.1) is 0 Å². The Kier molecular flexibility index (Phi) is 6.31. The van der Waals surface area contributed by atoms with E-state index in [0.29, 0.717) is 0 Å². The smallest absolute Gasteiger partial charge is 0.351 e. The molecule has 11 nitrogen and oxygen atoms in total. The van der Waals surface area contributed by atoms with Gasteiger partial charge in [-0.15, -0.1) is 0 Å². The summed E-state index contributed by atoms with van der Waals surface area (Å²) in [7, 11) is 0. The second-order valence-corrected chi connectivity index (χ2v) is 6.00. The molecule has 146 valence electrons. The highest BCUT2D eigenvalue weighted by molar-refractivity contribution is 5.79. The first-order valence-corrected chi connectivity index (χ1v) is 8.17. The molecule has 1 aromatic rings. The van der Waals surface area contributed by atoms with Crippen molar-refractivity contribution in [3.63, 3.8) is 0 Å². The SMILES string of the molecule is CCC(O)(CC)C(=O)OC[C@H]1O[C@@H](n2ccc(NO)nc2=O)[C@H](O)[C@@H]1O. The quantitative estimate of drug-likeness (QED) is 0.288. The van der Waals surface area contributed by atoms with E-state index in [9.17, 15) is 24.9 Å². The fourth-order valence-electron chi connectivity index (χ4n) is 2.60. The molecule has 1 fully saturated rings. The summed E-state index contributed by atoms with van der Waals surface area (Å²) in [6.07, 6.45) is -3.70. The van der Waals surface area contributed by atoms with Crippen molar-refractivity contribution < 1.29 is 34.8 Å². The maximum absolute atomic E-state index is 12.0. The van der Waals surface area contributed by atoms with Gasteiger partial charge in [0.15, 0.2) is 17.6 Å². The minimum atomic E-state index is -1.63. The number of nitrogens with one attached hydrogen (secondary N) is 1. The molecule has 1 saturated heterocycles. The fraction of sp³-hybridized carbons (Fsp3) is 0.667. The average Bonchev–Trinajstić information content (AvgIpc) is 2.93. The molecular weight excluding hydrogens is 350 g/mol. The molecule has 0 bridgehead atoms. The number of nitrogens with zero attached hydrogens (tertiary/aromatic N) is 2. The van der Waals surface area contributed by atoms with Crippen LogP contribution in [0.1, 0.15) is 32.9 Å². The molecule has 0 spiro atoms. The molecule has 5 N–H and O–H groups in total. The zero-order chi connectivity index (χ0) is 19.5. The highest BCUT2D eigenvalue weighted by Crippen LogP contribution is 2.29. The summed E-state index contributed by atoms with van der Waals surface area (Å²) in [5.41, 5.74) is -0.745. The number of esters is 1. The molecule has 0 saturated carbocycles. The van der Waals surface area contributed by atoms with Gasteiger partial charge in [-0.1, -0.05) is 13.8 Å². The number of ether oxygens (including phenoxy) is 2. The minimum Gasteiger partial charge on any atom is -0.461 e. The van der Waals surface area contributed by atoms with Crippen LogP contribution in [-0.4, -0.2) is 66.6 Å². The van der Waals surface area contributed by atoms with Gasteiger partial charge in [-0.3, -0.25) is 15.3 Å². The zero-order valence-corrected chi connectivity index (χ0v) is 14.4. The van der Waals surface area contributed by atoms with E-state index in [0.717, 1.165) is 4.57 Å². The number of anilines is 1. The van der Waals surface area contributed by atoms with Crippen LogP contribution in [0.5, 0.6) is 0 Å². The molecule has 2 heterocycles. The Bertz CT molecular complexity index is 690. The Morgan fingerprint density at radius 2 is 2.04 bits per heavy atom. The molecule has 26 heavy (non-hydrogen) atoms. The van der Waals surface area contributed by atoms with Gasteiger partial charge in [0.1, 0.15) is 24.9 Å². The van der Waals surface area contributed by atoms with Gasteiger partial charge in [0.2, 0.25) is 0 Å². The predicted octanol–water partition coefficient (Wildman–Crippen LogP) is -1.24. The lowest BCUT2D eigenvalue weighted by Gasteiger charge is -2.24. The molecule has 0 aliphatic carbocycles. The average molecular weight is 373 g/mol. The molecule has 1 aliphatic heterocycles. The van der Waals surface area contributed by atoms with E-state index in [1.54, 1.807) is 19.3 Å². The molecule has 0 radical (unpaired) electrons. The molecule has 0 aromatic carbocycles. The summed E-state index contributed by atoms with van der Waals surface area (Å²) in [5.74, 6) is -0.948. The number of aliphatic hydroxyl groups excluding tert-OH is 2. The lowest BCUT2D eigenvalue weighted by atomic mass is 9.98. The number of carbonyl (C=O) groups excluding carboxylic acids is 1. The van der Waals surface area contributed by atoms with Gasteiger partial charge >= 0.3 is 11.7 Å². The highest BCUT2D eigenvalue weighted by Gasteiger charge is 2.45. The van der Waals surface area contributed by atoms with Crippen LogP contribution in [0.3, 0.4) is 0 Å². The first kappa shape index (κ1) is 20.3. The largest absolute Gasteiger partial charge is 0.461 e. The standard InChI is InChI=1S/C15H23N3O8/c1-3-15(23,4-2)13(21)25-7-8-10(19)11(20)12(26-8)18-6-5-9(17-24)16-14(18)22/h5-6,8,10-12,19-20,23-24H,3-4,7H2,1-2H3,(H,16,17,22)/t8-,10-,11-,12-/m1/s1. The first-order valence-electron chi connectivity index (χ1n) is 8.17. The number of carbonyl (C=O) groups is 1. The lowest BCUT2D eigenvalue weighted by molar-refractivity contribution is -0.172. The molecule has 0 amide bonds. The van der Waals surface area contributed by atoms with E-state index in [4.69, 9.17) is 14.7 Å². The summed E-state index contributed by atoms with van der Waals surface area (Å²) in [6, 6.07) is 1.26. The monoisotopic (exact) mass is 373 g/mol. The maximum Gasteiger partial charge on any atom is 0.351 e. The normalized spacial score (nSPS) is 25.9. The Morgan fingerprint density at radius 1 is 1.38 bits per heavy atom. The summed E-state index contributed by atoms with van der Waals surface area (Å²) < 4.78 is 11.4. The van der Waals surface area contributed by atoms with E-state index in [1.807, 2.05) is 0 Å². The Hall–Kier alpha value is -2.05. The van der Waals surface area contributed by atoms with E-state index in [2.05, 4.69) is 4.98 Å².